The van der Waals surface area contributed by atoms with Crippen LogP contribution in [-0.2, 0) is 21.9 Å². The Bertz CT molecular complexity index is 699. The Kier molecular flexibility index (Phi) is 7.27. The smallest absolute Gasteiger partial charge is 0.408 e. The summed E-state index contributed by atoms with van der Waals surface area (Å²) >= 11 is 3.02. The number of carboxylic acid groups (broad SMARTS) is 1. The van der Waals surface area contributed by atoms with Crippen molar-refractivity contribution in [2.45, 2.75) is 32.2 Å². The van der Waals surface area contributed by atoms with Gasteiger partial charge in [-0.1, -0.05) is 30.3 Å². The van der Waals surface area contributed by atoms with Gasteiger partial charge in [-0.3, -0.25) is 0 Å². The largest absolute Gasteiger partial charge is 0.480 e. The van der Waals surface area contributed by atoms with Crippen molar-refractivity contribution in [3.8, 4) is 0 Å². The molecular formula is C17H20N2O4S2. The van der Waals surface area contributed by atoms with Crippen LogP contribution >= 0.6 is 23.1 Å². The zero-order chi connectivity index (χ0) is 18.2. The standard InChI is InChI=1S/C17H20N2O4S2/c1-11-12(2)25-15(18-11)10-24-9-14(16(20)21)19-17(22)23-8-13-6-4-3-5-7-13/h3-7,14H,8-10H2,1-2H3,(H,19,22)(H,20,21). The van der Waals surface area contributed by atoms with Gasteiger partial charge in [0.2, 0.25) is 0 Å². The molecule has 0 saturated carbocycles. The molecule has 1 aromatic heterocycles. The van der Waals surface area contributed by atoms with Crippen molar-refractivity contribution in [1.29, 1.82) is 0 Å². The monoisotopic (exact) mass is 380 g/mol. The molecule has 0 spiro atoms. The molecule has 1 aromatic carbocycles. The van der Waals surface area contributed by atoms with E-state index in [1.807, 2.05) is 44.2 Å². The number of nitrogens with one attached hydrogen (secondary N) is 1. The minimum absolute atomic E-state index is 0.101. The molecule has 2 aromatic rings. The van der Waals surface area contributed by atoms with E-state index in [1.54, 1.807) is 11.3 Å². The zero-order valence-electron chi connectivity index (χ0n) is 14.0. The number of amides is 1. The number of alkyl carbamates (subject to hydrolysis) is 1. The SMILES string of the molecule is Cc1nc(CSCC(NC(=O)OCc2ccccc2)C(=O)O)sc1C. The Morgan fingerprint density at radius 3 is 2.64 bits per heavy atom. The van der Waals surface area contributed by atoms with Crippen LogP contribution in [0.5, 0.6) is 0 Å². The van der Waals surface area contributed by atoms with Crippen LogP contribution in [0.3, 0.4) is 0 Å². The Hall–Kier alpha value is -2.06. The molecule has 1 atom stereocenters. The van der Waals surface area contributed by atoms with E-state index in [2.05, 4.69) is 10.3 Å². The van der Waals surface area contributed by atoms with Crippen LogP contribution in [-0.4, -0.2) is 33.9 Å². The summed E-state index contributed by atoms with van der Waals surface area (Å²) in [7, 11) is 0. The van der Waals surface area contributed by atoms with Crippen molar-refractivity contribution in [3.63, 3.8) is 0 Å². The lowest BCUT2D eigenvalue weighted by molar-refractivity contribution is -0.138. The number of aryl methyl sites for hydroxylation is 2. The van der Waals surface area contributed by atoms with Gasteiger partial charge in [0.05, 0.1) is 5.69 Å². The lowest BCUT2D eigenvalue weighted by Crippen LogP contribution is -2.42. The Morgan fingerprint density at radius 2 is 2.04 bits per heavy atom. The third kappa shape index (κ3) is 6.39. The second-order valence-corrected chi connectivity index (χ2v) is 7.68. The first-order valence-corrected chi connectivity index (χ1v) is 9.63. The van der Waals surface area contributed by atoms with Crippen LogP contribution in [0.1, 0.15) is 21.1 Å². The topological polar surface area (TPSA) is 88.5 Å². The van der Waals surface area contributed by atoms with E-state index < -0.39 is 18.1 Å². The van der Waals surface area contributed by atoms with Gasteiger partial charge in [0.1, 0.15) is 17.7 Å². The van der Waals surface area contributed by atoms with Crippen molar-refractivity contribution in [3.05, 3.63) is 51.5 Å². The summed E-state index contributed by atoms with van der Waals surface area (Å²) in [6.45, 7) is 4.06. The van der Waals surface area contributed by atoms with E-state index in [9.17, 15) is 14.7 Å². The Labute approximate surface area is 154 Å². The highest BCUT2D eigenvalue weighted by Gasteiger charge is 2.21. The molecule has 134 valence electrons. The van der Waals surface area contributed by atoms with Crippen LogP contribution in [0.2, 0.25) is 0 Å². The predicted octanol–water partition coefficient (Wildman–Crippen LogP) is 3.37. The minimum Gasteiger partial charge on any atom is -0.480 e. The van der Waals surface area contributed by atoms with Gasteiger partial charge in [-0.05, 0) is 19.4 Å². The maximum Gasteiger partial charge on any atom is 0.408 e. The summed E-state index contributed by atoms with van der Waals surface area (Å²) in [5.74, 6) is -0.229. The average molecular weight is 380 g/mol. The number of carbonyl (C=O) groups is 2. The summed E-state index contributed by atoms with van der Waals surface area (Å²) in [5.41, 5.74) is 1.84. The number of hydrogen-bond donors (Lipinski definition) is 2. The lowest BCUT2D eigenvalue weighted by atomic mass is 10.2. The maximum atomic E-state index is 11.8. The zero-order valence-corrected chi connectivity index (χ0v) is 15.7. The molecule has 0 aliphatic rings. The van der Waals surface area contributed by atoms with Gasteiger partial charge >= 0.3 is 12.1 Å². The lowest BCUT2D eigenvalue weighted by Gasteiger charge is -2.14. The molecule has 0 fully saturated rings. The fourth-order valence-corrected chi connectivity index (χ4v) is 3.98. The summed E-state index contributed by atoms with van der Waals surface area (Å²) < 4.78 is 5.06. The fourth-order valence-electron chi connectivity index (χ4n) is 1.95. The van der Waals surface area contributed by atoms with E-state index >= 15 is 0 Å². The Balaban J connectivity index is 1.77. The number of carboxylic acids is 1. The number of nitrogens with zero attached hydrogens (tertiary/aromatic N) is 1. The number of thiazole rings is 1. The van der Waals surface area contributed by atoms with Crippen molar-refractivity contribution in [2.24, 2.45) is 0 Å². The number of aromatic nitrogens is 1. The van der Waals surface area contributed by atoms with Crippen molar-refractivity contribution >= 4 is 35.2 Å². The van der Waals surface area contributed by atoms with Gasteiger partial charge < -0.3 is 15.2 Å². The predicted molar refractivity (Wildman–Crippen MR) is 98.9 cm³/mol. The van der Waals surface area contributed by atoms with Crippen LogP contribution in [0.4, 0.5) is 4.79 Å². The fraction of sp³-hybridized carbons (Fsp3) is 0.353. The molecule has 0 saturated heterocycles. The molecule has 0 aliphatic carbocycles. The van der Waals surface area contributed by atoms with E-state index in [-0.39, 0.29) is 12.4 Å². The molecule has 25 heavy (non-hydrogen) atoms. The first kappa shape index (κ1) is 19.3. The second-order valence-electron chi connectivity index (χ2n) is 5.36. The number of aliphatic carboxylic acids is 1. The molecule has 8 heteroatoms. The van der Waals surface area contributed by atoms with Crippen molar-refractivity contribution < 1.29 is 19.4 Å². The average Bonchev–Trinajstić information content (AvgIpc) is 2.91. The normalized spacial score (nSPS) is 11.8. The maximum absolute atomic E-state index is 11.8. The van der Waals surface area contributed by atoms with Crippen molar-refractivity contribution in [1.82, 2.24) is 10.3 Å². The highest BCUT2D eigenvalue weighted by molar-refractivity contribution is 7.98. The van der Waals surface area contributed by atoms with Crippen LogP contribution in [0.15, 0.2) is 30.3 Å². The molecular weight excluding hydrogens is 360 g/mol. The number of carbonyl (C=O) groups excluding carboxylic acids is 1. The van der Waals surface area contributed by atoms with Gasteiger partial charge in [-0.15, -0.1) is 11.3 Å². The number of thioether (sulfide) groups is 1. The molecule has 2 N–H and O–H groups in total. The van der Waals surface area contributed by atoms with Crippen LogP contribution < -0.4 is 5.32 Å². The number of rotatable bonds is 8. The first-order chi connectivity index (χ1) is 12.0. The van der Waals surface area contributed by atoms with Gasteiger partial charge in [-0.2, -0.15) is 11.8 Å². The quantitative estimate of drug-likeness (QED) is 0.730. The van der Waals surface area contributed by atoms with E-state index in [1.165, 1.54) is 11.8 Å². The molecule has 0 radical (unpaired) electrons. The number of benzene rings is 1. The third-order valence-electron chi connectivity index (χ3n) is 3.39. The summed E-state index contributed by atoms with van der Waals surface area (Å²) in [4.78, 5) is 28.7. The first-order valence-electron chi connectivity index (χ1n) is 7.66. The van der Waals surface area contributed by atoms with Gasteiger partial charge in [0.25, 0.3) is 0 Å². The van der Waals surface area contributed by atoms with Gasteiger partial charge in [0.15, 0.2) is 0 Å². The molecule has 0 aliphatic heterocycles. The van der Waals surface area contributed by atoms with E-state index in [0.29, 0.717) is 5.75 Å². The highest BCUT2D eigenvalue weighted by atomic mass is 32.2. The van der Waals surface area contributed by atoms with Crippen molar-refractivity contribution in [2.75, 3.05) is 5.75 Å². The van der Waals surface area contributed by atoms with E-state index in [0.717, 1.165) is 21.1 Å². The molecule has 1 amide bonds. The Morgan fingerprint density at radius 1 is 1.32 bits per heavy atom. The summed E-state index contributed by atoms with van der Waals surface area (Å²) in [6.07, 6.45) is -0.738. The van der Waals surface area contributed by atoms with Gasteiger partial charge in [-0.25, -0.2) is 14.6 Å². The number of hydrogen-bond acceptors (Lipinski definition) is 6. The van der Waals surface area contributed by atoms with Gasteiger partial charge in [0, 0.05) is 16.4 Å². The highest BCUT2D eigenvalue weighted by Crippen LogP contribution is 2.21. The number of ether oxygens (including phenoxy) is 1. The van der Waals surface area contributed by atoms with E-state index in [4.69, 9.17) is 4.74 Å². The second kappa shape index (κ2) is 9.43. The van der Waals surface area contributed by atoms with Crippen LogP contribution in [0.25, 0.3) is 0 Å². The summed E-state index contributed by atoms with van der Waals surface area (Å²) in [5, 5.41) is 12.6. The molecule has 1 unspecified atom stereocenters. The third-order valence-corrected chi connectivity index (χ3v) is 5.69. The molecule has 2 rings (SSSR count). The molecule has 0 bridgehead atoms. The molecule has 6 nitrogen and oxygen atoms in total. The minimum atomic E-state index is -1.09. The van der Waals surface area contributed by atoms with Crippen LogP contribution in [0, 0.1) is 13.8 Å². The summed E-state index contributed by atoms with van der Waals surface area (Å²) in [6, 6.07) is 8.21. The molecule has 1 heterocycles.